The zero-order valence-corrected chi connectivity index (χ0v) is 14.9. The summed E-state index contributed by atoms with van der Waals surface area (Å²) in [5.74, 6) is -0.943. The van der Waals surface area contributed by atoms with Crippen LogP contribution in [0.4, 0.5) is 0 Å². The third-order valence-corrected chi connectivity index (χ3v) is 3.93. The molecule has 0 aliphatic rings. The van der Waals surface area contributed by atoms with E-state index in [1.807, 2.05) is 25.1 Å². The number of halogens is 1. The fourth-order valence-electron chi connectivity index (χ4n) is 2.31. The molecule has 0 heterocycles. The van der Waals surface area contributed by atoms with Gasteiger partial charge in [-0.3, -0.25) is 4.79 Å². The fourth-order valence-corrected chi connectivity index (χ4v) is 2.60. The van der Waals surface area contributed by atoms with E-state index in [1.54, 1.807) is 37.4 Å². The molecule has 2 aromatic carbocycles. The van der Waals surface area contributed by atoms with Crippen LogP contribution >= 0.6 is 11.6 Å². The largest absolute Gasteiger partial charge is 0.452 e. The fraction of sp³-hybridized carbons (Fsp3) is 0.263. The molecule has 2 aromatic rings. The van der Waals surface area contributed by atoms with E-state index in [4.69, 9.17) is 21.1 Å². The van der Waals surface area contributed by atoms with Gasteiger partial charge in [0.1, 0.15) is 0 Å². The van der Waals surface area contributed by atoms with Crippen LogP contribution < -0.4 is 5.32 Å². The van der Waals surface area contributed by atoms with Gasteiger partial charge in [-0.25, -0.2) is 4.79 Å². The number of ether oxygens (including phenoxy) is 2. The second kappa shape index (κ2) is 9.20. The van der Waals surface area contributed by atoms with Crippen molar-refractivity contribution in [3.8, 4) is 0 Å². The highest BCUT2D eigenvalue weighted by atomic mass is 35.5. The second-order valence-corrected chi connectivity index (χ2v) is 5.92. The summed E-state index contributed by atoms with van der Waals surface area (Å²) in [5, 5.41) is 3.33. The molecular formula is C19H20ClNO4. The first kappa shape index (κ1) is 19.0. The molecule has 132 valence electrons. The van der Waals surface area contributed by atoms with Crippen LogP contribution in [0.1, 0.15) is 34.5 Å². The summed E-state index contributed by atoms with van der Waals surface area (Å²) in [6.07, 6.45) is 0. The molecule has 0 bridgehead atoms. The van der Waals surface area contributed by atoms with Crippen molar-refractivity contribution in [2.75, 3.05) is 13.7 Å². The zero-order chi connectivity index (χ0) is 18.2. The molecule has 0 saturated heterocycles. The summed E-state index contributed by atoms with van der Waals surface area (Å²) in [7, 11) is 1.60. The van der Waals surface area contributed by atoms with Gasteiger partial charge in [0.05, 0.1) is 18.2 Å². The minimum Gasteiger partial charge on any atom is -0.452 e. The van der Waals surface area contributed by atoms with Crippen LogP contribution in [-0.2, 0) is 20.9 Å². The zero-order valence-electron chi connectivity index (χ0n) is 14.1. The van der Waals surface area contributed by atoms with E-state index in [2.05, 4.69) is 5.32 Å². The Kier molecular flexibility index (Phi) is 6.98. The quantitative estimate of drug-likeness (QED) is 0.766. The summed E-state index contributed by atoms with van der Waals surface area (Å²) >= 11 is 6.10. The maximum Gasteiger partial charge on any atom is 0.338 e. The van der Waals surface area contributed by atoms with Crippen molar-refractivity contribution >= 4 is 23.5 Å². The van der Waals surface area contributed by atoms with Crippen molar-refractivity contribution in [3.05, 3.63) is 70.2 Å². The summed E-state index contributed by atoms with van der Waals surface area (Å²) in [6, 6.07) is 13.8. The Balaban J connectivity index is 1.84. The van der Waals surface area contributed by atoms with Gasteiger partial charge in [-0.15, -0.1) is 0 Å². The molecule has 0 spiro atoms. The van der Waals surface area contributed by atoms with Gasteiger partial charge in [0.15, 0.2) is 6.61 Å². The maximum atomic E-state index is 12.0. The maximum absolute atomic E-state index is 12.0. The molecule has 1 atom stereocenters. The Morgan fingerprint density at radius 3 is 2.44 bits per heavy atom. The van der Waals surface area contributed by atoms with Crippen LogP contribution in [0.15, 0.2) is 48.5 Å². The molecular weight excluding hydrogens is 342 g/mol. The van der Waals surface area contributed by atoms with Gasteiger partial charge in [0.25, 0.3) is 5.91 Å². The van der Waals surface area contributed by atoms with Gasteiger partial charge in [-0.1, -0.05) is 41.9 Å². The van der Waals surface area contributed by atoms with Crippen molar-refractivity contribution in [2.24, 2.45) is 0 Å². The van der Waals surface area contributed by atoms with Crippen LogP contribution in [0.3, 0.4) is 0 Å². The molecule has 0 aliphatic carbocycles. The average molecular weight is 362 g/mol. The van der Waals surface area contributed by atoms with Gasteiger partial charge in [-0.2, -0.15) is 0 Å². The Morgan fingerprint density at radius 2 is 1.80 bits per heavy atom. The van der Waals surface area contributed by atoms with E-state index < -0.39 is 11.9 Å². The number of esters is 1. The first-order valence-corrected chi connectivity index (χ1v) is 8.18. The first-order valence-electron chi connectivity index (χ1n) is 7.80. The van der Waals surface area contributed by atoms with Crippen molar-refractivity contribution in [3.63, 3.8) is 0 Å². The standard InChI is InChI=1S/C19H20ClNO4/c1-13(16-5-3-4-6-17(16)20)21-18(22)12-25-19(23)15-9-7-14(8-10-15)11-24-2/h3-10,13H,11-12H2,1-2H3,(H,21,22)/t13-/m0/s1. The van der Waals surface area contributed by atoms with E-state index in [9.17, 15) is 9.59 Å². The first-order chi connectivity index (χ1) is 12.0. The molecule has 6 heteroatoms. The lowest BCUT2D eigenvalue weighted by atomic mass is 10.1. The van der Waals surface area contributed by atoms with Gasteiger partial charge in [0, 0.05) is 12.1 Å². The predicted molar refractivity (Wildman–Crippen MR) is 95.4 cm³/mol. The van der Waals surface area contributed by atoms with Crippen molar-refractivity contribution < 1.29 is 19.1 Å². The Morgan fingerprint density at radius 1 is 1.12 bits per heavy atom. The molecule has 0 aromatic heterocycles. The number of amides is 1. The Bertz CT molecular complexity index is 730. The van der Waals surface area contributed by atoms with Gasteiger partial charge in [-0.05, 0) is 36.2 Å². The van der Waals surface area contributed by atoms with Crippen LogP contribution in [0.25, 0.3) is 0 Å². The number of rotatable bonds is 7. The lowest BCUT2D eigenvalue weighted by molar-refractivity contribution is -0.124. The van der Waals surface area contributed by atoms with Crippen LogP contribution in [-0.4, -0.2) is 25.6 Å². The Hall–Kier alpha value is -2.37. The van der Waals surface area contributed by atoms with Gasteiger partial charge < -0.3 is 14.8 Å². The molecule has 0 unspecified atom stereocenters. The van der Waals surface area contributed by atoms with E-state index >= 15 is 0 Å². The van der Waals surface area contributed by atoms with Crippen LogP contribution in [0.5, 0.6) is 0 Å². The van der Waals surface area contributed by atoms with Crippen molar-refractivity contribution in [1.82, 2.24) is 5.32 Å². The lowest BCUT2D eigenvalue weighted by Crippen LogP contribution is -2.31. The smallest absolute Gasteiger partial charge is 0.338 e. The topological polar surface area (TPSA) is 64.6 Å². The van der Waals surface area contributed by atoms with Gasteiger partial charge in [0.2, 0.25) is 0 Å². The van der Waals surface area contributed by atoms with Gasteiger partial charge >= 0.3 is 5.97 Å². The molecule has 0 saturated carbocycles. The molecule has 25 heavy (non-hydrogen) atoms. The highest BCUT2D eigenvalue weighted by molar-refractivity contribution is 6.31. The van der Waals surface area contributed by atoms with E-state index in [1.165, 1.54) is 0 Å². The minimum absolute atomic E-state index is 0.284. The number of hydrogen-bond acceptors (Lipinski definition) is 4. The third kappa shape index (κ3) is 5.59. The number of methoxy groups -OCH3 is 1. The normalized spacial score (nSPS) is 11.6. The van der Waals surface area contributed by atoms with E-state index in [0.717, 1.165) is 11.1 Å². The Labute approximate surface area is 151 Å². The highest BCUT2D eigenvalue weighted by Crippen LogP contribution is 2.21. The number of carbonyl (C=O) groups excluding carboxylic acids is 2. The summed E-state index contributed by atoms with van der Waals surface area (Å²) in [4.78, 5) is 23.9. The molecule has 5 nitrogen and oxygen atoms in total. The lowest BCUT2D eigenvalue weighted by Gasteiger charge is -2.15. The molecule has 1 N–H and O–H groups in total. The third-order valence-electron chi connectivity index (χ3n) is 3.58. The minimum atomic E-state index is -0.551. The number of hydrogen-bond donors (Lipinski definition) is 1. The van der Waals surface area contributed by atoms with Crippen molar-refractivity contribution in [2.45, 2.75) is 19.6 Å². The van der Waals surface area contributed by atoms with Crippen LogP contribution in [0.2, 0.25) is 5.02 Å². The summed E-state index contributed by atoms with van der Waals surface area (Å²) in [6.45, 7) is 1.93. The number of benzene rings is 2. The predicted octanol–water partition coefficient (Wildman–Crippen LogP) is 3.52. The highest BCUT2D eigenvalue weighted by Gasteiger charge is 2.14. The second-order valence-electron chi connectivity index (χ2n) is 5.52. The monoisotopic (exact) mass is 361 g/mol. The van der Waals surface area contributed by atoms with Crippen LogP contribution in [0, 0.1) is 0 Å². The summed E-state index contributed by atoms with van der Waals surface area (Å²) in [5.41, 5.74) is 2.13. The van der Waals surface area contributed by atoms with E-state index in [-0.39, 0.29) is 12.6 Å². The number of carbonyl (C=O) groups is 2. The molecule has 0 aliphatic heterocycles. The molecule has 2 rings (SSSR count). The SMILES string of the molecule is COCc1ccc(C(=O)OCC(=O)N[C@@H](C)c2ccccc2Cl)cc1. The van der Waals surface area contributed by atoms with Crippen molar-refractivity contribution in [1.29, 1.82) is 0 Å². The molecule has 0 fully saturated rings. The molecule has 1 amide bonds. The summed E-state index contributed by atoms with van der Waals surface area (Å²) < 4.78 is 10.1. The van der Waals surface area contributed by atoms with E-state index in [0.29, 0.717) is 17.2 Å². The number of nitrogens with one attached hydrogen (secondary N) is 1. The average Bonchev–Trinajstić information content (AvgIpc) is 2.61. The molecule has 0 radical (unpaired) electrons.